The number of hydrogen-bond acceptors (Lipinski definition) is 1. The number of carbonyl (C=O) groups is 1. The van der Waals surface area contributed by atoms with E-state index in [4.69, 9.17) is 11.6 Å². The van der Waals surface area contributed by atoms with E-state index in [0.717, 1.165) is 18.2 Å². The van der Waals surface area contributed by atoms with Crippen LogP contribution in [0.5, 0.6) is 0 Å². The van der Waals surface area contributed by atoms with Gasteiger partial charge in [0, 0.05) is 6.42 Å². The first-order valence-electron chi connectivity index (χ1n) is 4.30. The van der Waals surface area contributed by atoms with Gasteiger partial charge >= 0.3 is 6.18 Å². The van der Waals surface area contributed by atoms with Gasteiger partial charge in [-0.05, 0) is 23.2 Å². The Hall–Kier alpha value is -1.10. The van der Waals surface area contributed by atoms with Crippen LogP contribution in [0.25, 0.3) is 0 Å². The molecule has 0 aromatic heterocycles. The Kier molecular flexibility index (Phi) is 3.91. The van der Waals surface area contributed by atoms with Crippen molar-refractivity contribution in [3.63, 3.8) is 0 Å². The van der Waals surface area contributed by atoms with E-state index in [1.54, 1.807) is 0 Å². The Morgan fingerprint density at radius 2 is 2.00 bits per heavy atom. The molecule has 0 amide bonds. The molecular weight excluding hydrogens is 248 g/mol. The van der Waals surface area contributed by atoms with Crippen LogP contribution in [0.15, 0.2) is 24.3 Å². The predicted octanol–water partition coefficient (Wildman–Crippen LogP) is 3.35. The van der Waals surface area contributed by atoms with Crippen molar-refractivity contribution in [3.8, 4) is 0 Å². The molecule has 0 aliphatic carbocycles. The Bertz CT molecular complexity index is 389. The van der Waals surface area contributed by atoms with Crippen LogP contribution in [0.2, 0.25) is 0 Å². The standard InChI is InChI=1S/C10H7ClF4O/c11-9(16)8(12)5-6-2-1-3-7(4-6)10(13,14)15/h1-4,8H,5H2. The normalized spacial score (nSPS) is 13.6. The minimum Gasteiger partial charge on any atom is -0.278 e. The summed E-state index contributed by atoms with van der Waals surface area (Å²) < 4.78 is 49.7. The zero-order valence-corrected chi connectivity index (χ0v) is 8.65. The van der Waals surface area contributed by atoms with E-state index in [0.29, 0.717) is 0 Å². The van der Waals surface area contributed by atoms with Crippen LogP contribution in [0.3, 0.4) is 0 Å². The largest absolute Gasteiger partial charge is 0.416 e. The number of alkyl halides is 4. The lowest BCUT2D eigenvalue weighted by Crippen LogP contribution is -2.13. The Morgan fingerprint density at radius 3 is 2.50 bits per heavy atom. The zero-order chi connectivity index (χ0) is 12.3. The Balaban J connectivity index is 2.87. The molecule has 1 unspecified atom stereocenters. The van der Waals surface area contributed by atoms with Crippen molar-refractivity contribution in [1.29, 1.82) is 0 Å². The van der Waals surface area contributed by atoms with Gasteiger partial charge in [0.2, 0.25) is 0 Å². The first kappa shape index (κ1) is 13.0. The first-order chi connectivity index (χ1) is 7.30. The summed E-state index contributed by atoms with van der Waals surface area (Å²) in [5, 5.41) is -1.21. The molecule has 1 aromatic carbocycles. The Morgan fingerprint density at radius 1 is 1.38 bits per heavy atom. The summed E-state index contributed by atoms with van der Waals surface area (Å²) in [5.74, 6) is 0. The van der Waals surface area contributed by atoms with E-state index in [1.807, 2.05) is 0 Å². The molecule has 0 fully saturated rings. The molecule has 0 bridgehead atoms. The highest BCUT2D eigenvalue weighted by molar-refractivity contribution is 6.64. The molecule has 0 saturated carbocycles. The summed E-state index contributed by atoms with van der Waals surface area (Å²) in [5.41, 5.74) is -0.796. The first-order valence-corrected chi connectivity index (χ1v) is 4.68. The predicted molar refractivity (Wildman–Crippen MR) is 50.9 cm³/mol. The third-order valence-electron chi connectivity index (χ3n) is 1.92. The van der Waals surface area contributed by atoms with Gasteiger partial charge in [-0.1, -0.05) is 18.2 Å². The summed E-state index contributed by atoms with van der Waals surface area (Å²) in [6.07, 6.45) is -6.91. The number of carbonyl (C=O) groups excluding carboxylic acids is 1. The van der Waals surface area contributed by atoms with Crippen molar-refractivity contribution in [1.82, 2.24) is 0 Å². The van der Waals surface area contributed by atoms with Crippen molar-refractivity contribution in [2.24, 2.45) is 0 Å². The lowest BCUT2D eigenvalue weighted by Gasteiger charge is -2.09. The van der Waals surface area contributed by atoms with E-state index >= 15 is 0 Å². The molecule has 0 aliphatic rings. The molecule has 6 heteroatoms. The molecule has 0 radical (unpaired) electrons. The van der Waals surface area contributed by atoms with Crippen molar-refractivity contribution in [2.45, 2.75) is 18.8 Å². The molecular formula is C10H7ClF4O. The van der Waals surface area contributed by atoms with Crippen molar-refractivity contribution in [2.75, 3.05) is 0 Å². The summed E-state index contributed by atoms with van der Waals surface area (Å²) in [7, 11) is 0. The third kappa shape index (κ3) is 3.48. The SMILES string of the molecule is O=C(Cl)C(F)Cc1cccc(C(F)(F)F)c1. The van der Waals surface area contributed by atoms with Crippen LogP contribution in [0.1, 0.15) is 11.1 Å². The molecule has 1 rings (SSSR count). The number of rotatable bonds is 3. The molecule has 1 atom stereocenters. The van der Waals surface area contributed by atoms with Gasteiger partial charge in [-0.15, -0.1) is 0 Å². The van der Waals surface area contributed by atoms with Gasteiger partial charge in [-0.3, -0.25) is 4.79 Å². The van der Waals surface area contributed by atoms with Crippen LogP contribution >= 0.6 is 11.6 Å². The summed E-state index contributed by atoms with van der Waals surface area (Å²) in [6, 6.07) is 4.14. The van der Waals surface area contributed by atoms with Crippen LogP contribution in [-0.2, 0) is 17.4 Å². The number of halogens is 5. The lowest BCUT2D eigenvalue weighted by atomic mass is 10.1. The second-order valence-corrected chi connectivity index (χ2v) is 3.55. The van der Waals surface area contributed by atoms with Gasteiger partial charge in [-0.25, -0.2) is 4.39 Å². The smallest absolute Gasteiger partial charge is 0.278 e. The fourth-order valence-electron chi connectivity index (χ4n) is 1.16. The van der Waals surface area contributed by atoms with Gasteiger partial charge < -0.3 is 0 Å². The summed E-state index contributed by atoms with van der Waals surface area (Å²) in [4.78, 5) is 10.4. The molecule has 88 valence electrons. The van der Waals surface area contributed by atoms with E-state index in [2.05, 4.69) is 0 Å². The second kappa shape index (κ2) is 4.82. The highest BCUT2D eigenvalue weighted by Gasteiger charge is 2.30. The molecule has 1 nitrogen and oxygen atoms in total. The van der Waals surface area contributed by atoms with E-state index < -0.39 is 29.6 Å². The van der Waals surface area contributed by atoms with E-state index in [-0.39, 0.29) is 5.56 Å². The fraction of sp³-hybridized carbons (Fsp3) is 0.300. The zero-order valence-electron chi connectivity index (χ0n) is 7.89. The summed E-state index contributed by atoms with van der Waals surface area (Å²) in [6.45, 7) is 0. The van der Waals surface area contributed by atoms with Gasteiger partial charge in [0.05, 0.1) is 5.56 Å². The molecule has 0 saturated heterocycles. The second-order valence-electron chi connectivity index (χ2n) is 3.17. The summed E-state index contributed by atoms with van der Waals surface area (Å²) >= 11 is 4.87. The molecule has 16 heavy (non-hydrogen) atoms. The maximum Gasteiger partial charge on any atom is 0.416 e. The monoisotopic (exact) mass is 254 g/mol. The molecule has 0 spiro atoms. The fourth-order valence-corrected chi connectivity index (χ4v) is 1.24. The molecule has 0 aliphatic heterocycles. The van der Waals surface area contributed by atoms with Crippen LogP contribution in [-0.4, -0.2) is 11.4 Å². The lowest BCUT2D eigenvalue weighted by molar-refractivity contribution is -0.137. The maximum atomic E-state index is 12.9. The van der Waals surface area contributed by atoms with Gasteiger partial charge in [0.25, 0.3) is 5.24 Å². The third-order valence-corrected chi connectivity index (χ3v) is 2.15. The minimum absolute atomic E-state index is 0.0799. The quantitative estimate of drug-likeness (QED) is 0.597. The topological polar surface area (TPSA) is 17.1 Å². The van der Waals surface area contributed by atoms with Gasteiger partial charge in [0.1, 0.15) is 0 Å². The van der Waals surface area contributed by atoms with Crippen molar-refractivity contribution < 1.29 is 22.4 Å². The molecule has 0 N–H and O–H groups in total. The van der Waals surface area contributed by atoms with Gasteiger partial charge in [-0.2, -0.15) is 13.2 Å². The van der Waals surface area contributed by atoms with Crippen LogP contribution in [0.4, 0.5) is 17.6 Å². The highest BCUT2D eigenvalue weighted by Crippen LogP contribution is 2.29. The average molecular weight is 255 g/mol. The van der Waals surface area contributed by atoms with Gasteiger partial charge in [0.15, 0.2) is 6.17 Å². The van der Waals surface area contributed by atoms with E-state index in [1.165, 1.54) is 6.07 Å². The number of benzene rings is 1. The highest BCUT2D eigenvalue weighted by atomic mass is 35.5. The van der Waals surface area contributed by atoms with Crippen molar-refractivity contribution >= 4 is 16.8 Å². The molecule has 0 heterocycles. The van der Waals surface area contributed by atoms with Crippen LogP contribution in [0, 0.1) is 0 Å². The minimum atomic E-state index is -4.48. The molecule has 1 aromatic rings. The van der Waals surface area contributed by atoms with Crippen molar-refractivity contribution in [3.05, 3.63) is 35.4 Å². The number of hydrogen-bond donors (Lipinski definition) is 0. The maximum absolute atomic E-state index is 12.9. The Labute approximate surface area is 94.0 Å². The average Bonchev–Trinajstić information content (AvgIpc) is 2.16. The van der Waals surface area contributed by atoms with E-state index in [9.17, 15) is 22.4 Å². The van der Waals surface area contributed by atoms with Crippen LogP contribution < -0.4 is 0 Å².